The molecule has 1 amide bonds. The molecule has 6 nitrogen and oxygen atoms in total. The van der Waals surface area contributed by atoms with Gasteiger partial charge in [0.05, 0.1) is 23.7 Å². The van der Waals surface area contributed by atoms with Crippen LogP contribution in [0.5, 0.6) is 0 Å². The molecule has 0 aliphatic carbocycles. The number of rotatable bonds is 12. The minimum Gasteiger partial charge on any atom is -0.478 e. The number of halogens is 1. The number of amides is 1. The number of carbonyl (C=O) groups is 2. The molecule has 3 aromatic rings. The molecule has 2 aromatic carbocycles. The van der Waals surface area contributed by atoms with Crippen LogP contribution < -0.4 is 5.32 Å². The van der Waals surface area contributed by atoms with Crippen molar-refractivity contribution in [3.8, 4) is 0 Å². The molecule has 3 rings (SSSR count). The molecule has 0 spiro atoms. The Balaban J connectivity index is 1.77. The Morgan fingerprint density at radius 2 is 1.82 bits per heavy atom. The monoisotopic (exact) mass is 499 g/mol. The summed E-state index contributed by atoms with van der Waals surface area (Å²) in [4.78, 5) is 28.7. The van der Waals surface area contributed by atoms with Gasteiger partial charge in [0.1, 0.15) is 5.82 Å². The number of imidazole rings is 1. The predicted octanol–water partition coefficient (Wildman–Crippen LogP) is 5.03. The van der Waals surface area contributed by atoms with Gasteiger partial charge in [0.2, 0.25) is 5.91 Å². The molecule has 1 heterocycles. The molecule has 34 heavy (non-hydrogen) atoms. The van der Waals surface area contributed by atoms with Gasteiger partial charge in [-0.25, -0.2) is 9.78 Å². The lowest BCUT2D eigenvalue weighted by Gasteiger charge is -2.17. The van der Waals surface area contributed by atoms with E-state index in [4.69, 9.17) is 16.7 Å². The van der Waals surface area contributed by atoms with Gasteiger partial charge in [-0.3, -0.25) is 4.79 Å². The van der Waals surface area contributed by atoms with Crippen LogP contribution >= 0.6 is 24.2 Å². The second-order valence-electron chi connectivity index (χ2n) is 8.24. The third kappa shape index (κ3) is 6.87. The van der Waals surface area contributed by atoms with Gasteiger partial charge < -0.3 is 15.0 Å². The predicted molar refractivity (Wildman–Crippen MR) is 138 cm³/mol. The lowest BCUT2D eigenvalue weighted by Crippen LogP contribution is -2.33. The Morgan fingerprint density at radius 1 is 1.12 bits per heavy atom. The summed E-state index contributed by atoms with van der Waals surface area (Å²) in [6.45, 7) is 2.86. The zero-order valence-electron chi connectivity index (χ0n) is 19.2. The number of aryl methyl sites for hydroxylation is 1. The van der Waals surface area contributed by atoms with Gasteiger partial charge in [-0.05, 0) is 36.1 Å². The van der Waals surface area contributed by atoms with Gasteiger partial charge in [-0.2, -0.15) is 12.6 Å². The van der Waals surface area contributed by atoms with Crippen LogP contribution in [0.3, 0.4) is 0 Å². The number of carboxylic acids is 1. The van der Waals surface area contributed by atoms with Crippen LogP contribution in [0.2, 0.25) is 5.15 Å². The normalized spacial score (nSPS) is 11.9. The molecule has 0 aliphatic heterocycles. The second-order valence-corrected chi connectivity index (χ2v) is 8.97. The van der Waals surface area contributed by atoms with Gasteiger partial charge in [0.15, 0.2) is 5.15 Å². The van der Waals surface area contributed by atoms with Gasteiger partial charge in [0, 0.05) is 18.7 Å². The van der Waals surface area contributed by atoms with Crippen molar-refractivity contribution in [3.63, 3.8) is 0 Å². The molecule has 2 N–H and O–H groups in total. The highest BCUT2D eigenvalue weighted by Crippen LogP contribution is 2.22. The number of unbranched alkanes of at least 4 members (excludes halogenated alkanes) is 1. The maximum Gasteiger partial charge on any atom is 0.335 e. The number of benzene rings is 2. The summed E-state index contributed by atoms with van der Waals surface area (Å²) in [5, 5.41) is 12.5. The molecule has 180 valence electrons. The summed E-state index contributed by atoms with van der Waals surface area (Å²) in [5.41, 5.74) is 3.00. The van der Waals surface area contributed by atoms with Crippen LogP contribution in [-0.2, 0) is 30.7 Å². The zero-order chi connectivity index (χ0) is 24.5. The quantitative estimate of drug-likeness (QED) is 0.305. The molecule has 0 radical (unpaired) electrons. The third-order valence-corrected chi connectivity index (χ3v) is 6.49. The molecule has 0 bridgehead atoms. The van der Waals surface area contributed by atoms with Crippen LogP contribution in [0.4, 0.5) is 0 Å². The molecule has 1 aromatic heterocycles. The van der Waals surface area contributed by atoms with Crippen molar-refractivity contribution in [3.05, 3.63) is 88.0 Å². The lowest BCUT2D eigenvalue weighted by molar-refractivity contribution is -0.124. The van der Waals surface area contributed by atoms with Gasteiger partial charge in [-0.1, -0.05) is 67.4 Å². The summed E-state index contributed by atoms with van der Waals surface area (Å²) in [6.07, 6.45) is 3.37. The van der Waals surface area contributed by atoms with Crippen LogP contribution in [0, 0.1) is 5.92 Å². The highest BCUT2D eigenvalue weighted by Gasteiger charge is 2.21. The van der Waals surface area contributed by atoms with E-state index in [2.05, 4.69) is 29.9 Å². The molecule has 0 saturated carbocycles. The van der Waals surface area contributed by atoms with Crippen LogP contribution in [-0.4, -0.2) is 32.3 Å². The van der Waals surface area contributed by atoms with Crippen molar-refractivity contribution in [2.45, 2.75) is 45.7 Å². The SMILES string of the molecule is CCCCc1nc(Cl)c(CNC(=O)C(CS)Cc2ccccc2)n1Cc1ccc(C(=O)O)cc1. The first-order chi connectivity index (χ1) is 16.4. The zero-order valence-corrected chi connectivity index (χ0v) is 20.9. The fourth-order valence-corrected chi connectivity index (χ4v) is 4.34. The minimum atomic E-state index is -0.960. The summed E-state index contributed by atoms with van der Waals surface area (Å²) in [5.74, 6) is -0.00896. The minimum absolute atomic E-state index is 0.0800. The van der Waals surface area contributed by atoms with Gasteiger partial charge >= 0.3 is 5.97 Å². The van der Waals surface area contributed by atoms with Crippen molar-refractivity contribution >= 4 is 36.1 Å². The molecule has 1 atom stereocenters. The van der Waals surface area contributed by atoms with Crippen molar-refractivity contribution < 1.29 is 14.7 Å². The molecular weight excluding hydrogens is 470 g/mol. The number of thiol groups is 1. The van der Waals surface area contributed by atoms with E-state index in [0.717, 1.165) is 41.9 Å². The third-order valence-electron chi connectivity index (χ3n) is 5.74. The van der Waals surface area contributed by atoms with Crippen molar-refractivity contribution in [2.24, 2.45) is 5.92 Å². The van der Waals surface area contributed by atoms with Crippen LogP contribution in [0.15, 0.2) is 54.6 Å². The summed E-state index contributed by atoms with van der Waals surface area (Å²) < 4.78 is 2.03. The van der Waals surface area contributed by atoms with Gasteiger partial charge in [-0.15, -0.1) is 0 Å². The Kier molecular flexibility index (Phi) is 9.60. The van der Waals surface area contributed by atoms with E-state index in [0.29, 0.717) is 23.9 Å². The highest BCUT2D eigenvalue weighted by molar-refractivity contribution is 7.80. The Morgan fingerprint density at radius 3 is 2.44 bits per heavy atom. The van der Waals surface area contributed by atoms with Crippen molar-refractivity contribution in [1.29, 1.82) is 0 Å². The standard InChI is InChI=1S/C26H30ClN3O3S/c1-2-3-9-23-29-24(27)22(30(23)16-19-10-12-20(13-11-19)26(32)33)15-28-25(31)21(17-34)14-18-7-5-4-6-8-18/h4-8,10-13,21,34H,2-3,9,14-17H2,1H3,(H,28,31)(H,32,33). The fourth-order valence-electron chi connectivity index (χ4n) is 3.78. The summed E-state index contributed by atoms with van der Waals surface area (Å²) in [7, 11) is 0. The maximum absolute atomic E-state index is 12.9. The Labute approximate surface area is 210 Å². The second kappa shape index (κ2) is 12.6. The van der Waals surface area contributed by atoms with Crippen LogP contribution in [0.1, 0.15) is 52.8 Å². The van der Waals surface area contributed by atoms with E-state index in [-0.39, 0.29) is 23.9 Å². The van der Waals surface area contributed by atoms with E-state index >= 15 is 0 Å². The van der Waals surface area contributed by atoms with E-state index in [1.54, 1.807) is 24.3 Å². The Hall–Kier alpha value is -2.77. The fraction of sp³-hybridized carbons (Fsp3) is 0.346. The number of hydrogen-bond acceptors (Lipinski definition) is 4. The largest absolute Gasteiger partial charge is 0.478 e. The van der Waals surface area contributed by atoms with Crippen molar-refractivity contribution in [1.82, 2.24) is 14.9 Å². The van der Waals surface area contributed by atoms with E-state index in [9.17, 15) is 9.59 Å². The van der Waals surface area contributed by atoms with Crippen molar-refractivity contribution in [2.75, 3.05) is 5.75 Å². The Bertz CT molecular complexity index is 1100. The smallest absolute Gasteiger partial charge is 0.335 e. The number of carbonyl (C=O) groups excluding carboxylic acids is 1. The number of nitrogens with zero attached hydrogens (tertiary/aromatic N) is 2. The molecule has 0 aliphatic rings. The van der Waals surface area contributed by atoms with Crippen LogP contribution in [0.25, 0.3) is 0 Å². The highest BCUT2D eigenvalue weighted by atomic mass is 35.5. The molecular formula is C26H30ClN3O3S. The summed E-state index contributed by atoms with van der Waals surface area (Å²) >= 11 is 10.9. The first-order valence-electron chi connectivity index (χ1n) is 11.4. The lowest BCUT2D eigenvalue weighted by atomic mass is 10.0. The van der Waals surface area contributed by atoms with Gasteiger partial charge in [0.25, 0.3) is 0 Å². The first kappa shape index (κ1) is 25.8. The topological polar surface area (TPSA) is 84.2 Å². The van der Waals surface area contributed by atoms with E-state index in [1.807, 2.05) is 34.9 Å². The number of nitrogens with one attached hydrogen (secondary N) is 1. The van der Waals surface area contributed by atoms with E-state index in [1.165, 1.54) is 0 Å². The maximum atomic E-state index is 12.9. The number of carboxylic acid groups (broad SMARTS) is 1. The molecule has 8 heteroatoms. The average molecular weight is 500 g/mol. The summed E-state index contributed by atoms with van der Waals surface area (Å²) in [6, 6.07) is 16.6. The molecule has 0 saturated heterocycles. The number of aromatic nitrogens is 2. The number of aromatic carboxylic acids is 1. The first-order valence-corrected chi connectivity index (χ1v) is 12.4. The number of hydrogen-bond donors (Lipinski definition) is 3. The average Bonchev–Trinajstić information content (AvgIpc) is 3.14. The molecule has 0 fully saturated rings. The van der Waals surface area contributed by atoms with E-state index < -0.39 is 5.97 Å². The molecule has 1 unspecified atom stereocenters.